The van der Waals surface area contributed by atoms with Crippen LogP contribution in [0.2, 0.25) is 0 Å². The summed E-state index contributed by atoms with van der Waals surface area (Å²) in [5, 5.41) is 0. The van der Waals surface area contributed by atoms with Gasteiger partial charge in [-0.2, -0.15) is 0 Å². The number of amides is 2. The molecule has 114 valence electrons. The molecule has 2 saturated heterocycles. The van der Waals surface area contributed by atoms with Gasteiger partial charge in [0.05, 0.1) is 6.54 Å². The van der Waals surface area contributed by atoms with Gasteiger partial charge in [-0.15, -0.1) is 0 Å². The number of hydrogen-bond donors (Lipinski definition) is 1. The third-order valence-electron chi connectivity index (χ3n) is 4.83. The Morgan fingerprint density at radius 3 is 2.10 bits per heavy atom. The molecule has 2 N–H and O–H groups in total. The third-order valence-corrected chi connectivity index (χ3v) is 4.83. The fraction of sp³-hybridized carbons (Fsp3) is 0.867. The van der Waals surface area contributed by atoms with E-state index in [2.05, 4.69) is 23.6 Å². The number of primary amides is 1. The summed E-state index contributed by atoms with van der Waals surface area (Å²) in [4.78, 5) is 27.9. The lowest BCUT2D eigenvalue weighted by atomic mass is 9.95. The minimum Gasteiger partial charge on any atom is -0.369 e. The quantitative estimate of drug-likeness (QED) is 0.838. The molecule has 2 aliphatic heterocycles. The molecule has 2 amide bonds. The van der Waals surface area contributed by atoms with Crippen LogP contribution in [-0.4, -0.2) is 53.3 Å². The van der Waals surface area contributed by atoms with Crippen LogP contribution in [0, 0.1) is 5.92 Å². The number of likely N-dealkylation sites (tertiary alicyclic amines) is 2. The van der Waals surface area contributed by atoms with Crippen molar-refractivity contribution in [2.45, 2.75) is 58.0 Å². The lowest BCUT2D eigenvalue weighted by molar-refractivity contribution is -0.138. The first-order chi connectivity index (χ1) is 9.49. The summed E-state index contributed by atoms with van der Waals surface area (Å²) in [6, 6.07) is 0.712. The highest BCUT2D eigenvalue weighted by molar-refractivity contribution is 5.79. The average Bonchev–Trinajstić information content (AvgIpc) is 2.39. The average molecular weight is 281 g/mol. The van der Waals surface area contributed by atoms with Gasteiger partial charge >= 0.3 is 0 Å². The van der Waals surface area contributed by atoms with Gasteiger partial charge in [0, 0.05) is 18.0 Å². The Labute approximate surface area is 121 Å². The van der Waals surface area contributed by atoms with E-state index in [0.717, 1.165) is 38.8 Å². The first-order valence-corrected chi connectivity index (χ1v) is 7.82. The maximum atomic E-state index is 12.5. The predicted octanol–water partition coefficient (Wildman–Crippen LogP) is 0.973. The van der Waals surface area contributed by atoms with Gasteiger partial charge in [-0.25, -0.2) is 0 Å². The van der Waals surface area contributed by atoms with Gasteiger partial charge in [0.2, 0.25) is 11.8 Å². The van der Waals surface area contributed by atoms with Gasteiger partial charge in [-0.1, -0.05) is 0 Å². The topological polar surface area (TPSA) is 66.6 Å². The second-order valence-electron chi connectivity index (χ2n) is 6.38. The van der Waals surface area contributed by atoms with Crippen LogP contribution >= 0.6 is 0 Å². The number of carbonyl (C=O) groups excluding carboxylic acids is 2. The van der Waals surface area contributed by atoms with Crippen molar-refractivity contribution in [2.24, 2.45) is 11.7 Å². The zero-order chi connectivity index (χ0) is 14.7. The lowest BCUT2D eigenvalue weighted by Crippen LogP contribution is -2.52. The van der Waals surface area contributed by atoms with E-state index in [9.17, 15) is 9.59 Å². The molecule has 0 aromatic heterocycles. The fourth-order valence-corrected chi connectivity index (χ4v) is 3.56. The Morgan fingerprint density at radius 1 is 1.05 bits per heavy atom. The minimum atomic E-state index is -0.200. The lowest BCUT2D eigenvalue weighted by Gasteiger charge is -2.40. The molecule has 5 nitrogen and oxygen atoms in total. The van der Waals surface area contributed by atoms with Gasteiger partial charge in [0.15, 0.2) is 0 Å². The molecule has 2 rings (SSSR count). The predicted molar refractivity (Wildman–Crippen MR) is 78.0 cm³/mol. The van der Waals surface area contributed by atoms with E-state index in [1.807, 2.05) is 0 Å². The van der Waals surface area contributed by atoms with Crippen molar-refractivity contribution in [2.75, 3.05) is 19.6 Å². The molecule has 2 heterocycles. The van der Waals surface area contributed by atoms with Crippen LogP contribution in [0.3, 0.4) is 0 Å². The van der Waals surface area contributed by atoms with Crippen LogP contribution in [0.1, 0.15) is 46.0 Å². The molecule has 0 radical (unpaired) electrons. The highest BCUT2D eigenvalue weighted by Gasteiger charge is 2.31. The Bertz CT molecular complexity index is 354. The maximum Gasteiger partial charge on any atom is 0.237 e. The zero-order valence-corrected chi connectivity index (χ0v) is 12.7. The number of piperidine rings is 2. The van der Waals surface area contributed by atoms with Crippen molar-refractivity contribution in [1.29, 1.82) is 0 Å². The van der Waals surface area contributed by atoms with Gasteiger partial charge in [0.25, 0.3) is 0 Å². The van der Waals surface area contributed by atoms with Crippen molar-refractivity contribution in [3.8, 4) is 0 Å². The maximum absolute atomic E-state index is 12.5. The molecule has 2 atom stereocenters. The monoisotopic (exact) mass is 281 g/mol. The summed E-state index contributed by atoms with van der Waals surface area (Å²) < 4.78 is 0. The van der Waals surface area contributed by atoms with E-state index in [4.69, 9.17) is 5.73 Å². The highest BCUT2D eigenvalue weighted by atomic mass is 16.2. The largest absolute Gasteiger partial charge is 0.369 e. The molecule has 2 aliphatic rings. The Morgan fingerprint density at radius 2 is 1.60 bits per heavy atom. The van der Waals surface area contributed by atoms with Crippen LogP contribution in [-0.2, 0) is 9.59 Å². The standard InChI is InChI=1S/C15H27N3O2/c1-11-4-3-5-12(2)18(11)14(19)10-17-8-6-13(7-9-17)15(16)20/h11-13H,3-10H2,1-2H3,(H2,16,20)/t11-,12+. The summed E-state index contributed by atoms with van der Waals surface area (Å²) in [6.07, 6.45) is 5.01. The Balaban J connectivity index is 1.84. The molecular weight excluding hydrogens is 254 g/mol. The fourth-order valence-electron chi connectivity index (χ4n) is 3.56. The van der Waals surface area contributed by atoms with Gasteiger partial charge in [-0.05, 0) is 59.0 Å². The summed E-state index contributed by atoms with van der Waals surface area (Å²) in [5.74, 6) is 0.0330. The summed E-state index contributed by atoms with van der Waals surface area (Å²) in [6.45, 7) is 6.38. The third kappa shape index (κ3) is 3.51. The molecular formula is C15H27N3O2. The van der Waals surface area contributed by atoms with E-state index in [1.54, 1.807) is 0 Å². The second kappa shape index (κ2) is 6.57. The zero-order valence-electron chi connectivity index (χ0n) is 12.7. The van der Waals surface area contributed by atoms with Crippen LogP contribution in [0.25, 0.3) is 0 Å². The van der Waals surface area contributed by atoms with Crippen molar-refractivity contribution in [3.05, 3.63) is 0 Å². The van der Waals surface area contributed by atoms with E-state index in [1.165, 1.54) is 6.42 Å². The van der Waals surface area contributed by atoms with Crippen molar-refractivity contribution in [1.82, 2.24) is 9.80 Å². The van der Waals surface area contributed by atoms with E-state index < -0.39 is 0 Å². The molecule has 0 aromatic carbocycles. The molecule has 0 saturated carbocycles. The van der Waals surface area contributed by atoms with Crippen molar-refractivity contribution >= 4 is 11.8 Å². The first-order valence-electron chi connectivity index (χ1n) is 7.82. The summed E-state index contributed by atoms with van der Waals surface area (Å²) in [5.41, 5.74) is 5.33. The molecule has 20 heavy (non-hydrogen) atoms. The SMILES string of the molecule is C[C@@H]1CCC[C@H](C)N1C(=O)CN1CCC(C(N)=O)CC1. The molecule has 5 heteroatoms. The van der Waals surface area contributed by atoms with Crippen molar-refractivity contribution < 1.29 is 9.59 Å². The van der Waals surface area contributed by atoms with E-state index in [-0.39, 0.29) is 17.7 Å². The van der Waals surface area contributed by atoms with Gasteiger partial charge < -0.3 is 10.6 Å². The number of carbonyl (C=O) groups is 2. The molecule has 0 unspecified atom stereocenters. The number of hydrogen-bond acceptors (Lipinski definition) is 3. The first kappa shape index (κ1) is 15.3. The van der Waals surface area contributed by atoms with Crippen LogP contribution in [0.5, 0.6) is 0 Å². The van der Waals surface area contributed by atoms with Crippen LogP contribution in [0.15, 0.2) is 0 Å². The number of nitrogens with two attached hydrogens (primary N) is 1. The van der Waals surface area contributed by atoms with Crippen molar-refractivity contribution in [3.63, 3.8) is 0 Å². The van der Waals surface area contributed by atoms with Crippen LogP contribution < -0.4 is 5.73 Å². The molecule has 0 bridgehead atoms. The number of nitrogens with zero attached hydrogens (tertiary/aromatic N) is 2. The summed E-state index contributed by atoms with van der Waals surface area (Å²) >= 11 is 0. The van der Waals surface area contributed by atoms with E-state index in [0.29, 0.717) is 18.6 Å². The Kier molecular flexibility index (Phi) is 5.02. The van der Waals surface area contributed by atoms with Gasteiger partial charge in [-0.3, -0.25) is 14.5 Å². The normalized spacial score (nSPS) is 29.4. The molecule has 0 aromatic rings. The molecule has 0 aliphatic carbocycles. The molecule has 2 fully saturated rings. The Hall–Kier alpha value is -1.10. The molecule has 0 spiro atoms. The van der Waals surface area contributed by atoms with Gasteiger partial charge in [0.1, 0.15) is 0 Å². The second-order valence-corrected chi connectivity index (χ2v) is 6.38. The summed E-state index contributed by atoms with van der Waals surface area (Å²) in [7, 11) is 0. The van der Waals surface area contributed by atoms with E-state index >= 15 is 0 Å². The minimum absolute atomic E-state index is 0.00538. The van der Waals surface area contributed by atoms with Crippen LogP contribution in [0.4, 0.5) is 0 Å². The smallest absolute Gasteiger partial charge is 0.237 e. The highest BCUT2D eigenvalue weighted by Crippen LogP contribution is 2.23. The number of rotatable bonds is 3.